The van der Waals surface area contributed by atoms with Gasteiger partial charge in [-0.2, -0.15) is 26.3 Å². The van der Waals surface area contributed by atoms with Crippen molar-refractivity contribution < 1.29 is 40.9 Å². The summed E-state index contributed by atoms with van der Waals surface area (Å²) >= 11 is 0. The van der Waals surface area contributed by atoms with E-state index in [0.717, 1.165) is 31.7 Å². The fourth-order valence-corrected chi connectivity index (χ4v) is 4.52. The van der Waals surface area contributed by atoms with E-state index < -0.39 is 41.3 Å². The number of piperidine rings is 1. The van der Waals surface area contributed by atoms with E-state index in [0.29, 0.717) is 51.5 Å². The minimum Gasteiger partial charge on any atom is -0.387 e. The van der Waals surface area contributed by atoms with Crippen LogP contribution in [0, 0.1) is 0 Å². The lowest BCUT2D eigenvalue weighted by Crippen LogP contribution is -2.44. The van der Waals surface area contributed by atoms with E-state index in [9.17, 15) is 31.4 Å². The number of hydrogen-bond donors (Lipinski definition) is 1. The van der Waals surface area contributed by atoms with Crippen LogP contribution in [0.5, 0.6) is 0 Å². The maximum Gasteiger partial charge on any atom is 0.433 e. The highest BCUT2D eigenvalue weighted by Gasteiger charge is 2.39. The molecule has 1 aliphatic heterocycles. The molecule has 1 saturated heterocycles. The summed E-state index contributed by atoms with van der Waals surface area (Å²) in [7, 11) is 1.58. The smallest absolute Gasteiger partial charge is 0.387 e. The number of aromatic nitrogens is 1. The van der Waals surface area contributed by atoms with Gasteiger partial charge in [0.25, 0.3) is 0 Å². The number of alkyl halides is 6. The SMILES string of the molecule is COCCOCCCCN1CCCCC1C(O)c1cc(C(F)(F)F)nc2c(C(F)(F)F)cccc12. The first-order chi connectivity index (χ1) is 16.5. The summed E-state index contributed by atoms with van der Waals surface area (Å²) in [6.45, 7) is 2.76. The highest BCUT2D eigenvalue weighted by Crippen LogP contribution is 2.40. The van der Waals surface area contributed by atoms with E-state index >= 15 is 0 Å². The summed E-state index contributed by atoms with van der Waals surface area (Å²) in [5, 5.41) is 11.1. The van der Waals surface area contributed by atoms with E-state index in [1.165, 1.54) is 6.07 Å². The molecule has 1 N–H and O–H groups in total. The van der Waals surface area contributed by atoms with E-state index in [2.05, 4.69) is 4.98 Å². The molecule has 0 amide bonds. The number of pyridine rings is 1. The highest BCUT2D eigenvalue weighted by molar-refractivity contribution is 5.86. The van der Waals surface area contributed by atoms with Crippen molar-refractivity contribution in [3.05, 3.63) is 41.1 Å². The van der Waals surface area contributed by atoms with Crippen LogP contribution in [0.15, 0.2) is 24.3 Å². The summed E-state index contributed by atoms with van der Waals surface area (Å²) in [5.74, 6) is 0. The number of unbranched alkanes of at least 4 members (excludes halogenated alkanes) is 1. The Morgan fingerprint density at radius 3 is 2.51 bits per heavy atom. The first kappa shape index (κ1) is 27.6. The number of benzene rings is 1. The average Bonchev–Trinajstić information content (AvgIpc) is 2.81. The largest absolute Gasteiger partial charge is 0.433 e. The number of likely N-dealkylation sites (tertiary alicyclic amines) is 1. The highest BCUT2D eigenvalue weighted by atomic mass is 19.4. The number of para-hydroxylation sites is 1. The molecule has 1 aromatic heterocycles. The van der Waals surface area contributed by atoms with Gasteiger partial charge in [-0.3, -0.25) is 4.90 Å². The van der Waals surface area contributed by atoms with E-state index in [1.54, 1.807) is 7.11 Å². The lowest BCUT2D eigenvalue weighted by Gasteiger charge is -2.39. The Labute approximate surface area is 200 Å². The molecule has 0 saturated carbocycles. The van der Waals surface area contributed by atoms with Gasteiger partial charge in [-0.05, 0) is 56.5 Å². The van der Waals surface area contributed by atoms with Crippen LogP contribution in [0.2, 0.25) is 0 Å². The molecule has 2 atom stereocenters. The van der Waals surface area contributed by atoms with Gasteiger partial charge >= 0.3 is 12.4 Å². The maximum atomic E-state index is 13.6. The third-order valence-corrected chi connectivity index (χ3v) is 6.23. The number of methoxy groups -OCH3 is 1. The molecule has 196 valence electrons. The van der Waals surface area contributed by atoms with Crippen molar-refractivity contribution in [2.75, 3.05) is 40.0 Å². The Hall–Kier alpha value is -1.95. The van der Waals surface area contributed by atoms with Crippen LogP contribution in [0.25, 0.3) is 10.9 Å². The number of nitrogens with zero attached hydrogens (tertiary/aromatic N) is 2. The molecule has 2 unspecified atom stereocenters. The predicted octanol–water partition coefficient (Wildman–Crippen LogP) is 5.60. The Bertz CT molecular complexity index is 967. The summed E-state index contributed by atoms with van der Waals surface area (Å²) < 4.78 is 91.7. The molecule has 11 heteroatoms. The van der Waals surface area contributed by atoms with Crippen molar-refractivity contribution >= 4 is 10.9 Å². The van der Waals surface area contributed by atoms with Gasteiger partial charge in [0, 0.05) is 25.1 Å². The van der Waals surface area contributed by atoms with Crippen molar-refractivity contribution in [1.29, 1.82) is 0 Å². The third kappa shape index (κ3) is 7.05. The molecule has 0 aliphatic carbocycles. The van der Waals surface area contributed by atoms with Gasteiger partial charge in [0.2, 0.25) is 0 Å². The van der Waals surface area contributed by atoms with E-state index in [-0.39, 0.29) is 10.9 Å². The predicted molar refractivity (Wildman–Crippen MR) is 118 cm³/mol. The van der Waals surface area contributed by atoms with Crippen LogP contribution < -0.4 is 0 Å². The summed E-state index contributed by atoms with van der Waals surface area (Å²) in [4.78, 5) is 5.33. The van der Waals surface area contributed by atoms with Gasteiger partial charge in [-0.25, -0.2) is 4.98 Å². The fraction of sp³-hybridized carbons (Fsp3) is 0.625. The second-order valence-electron chi connectivity index (χ2n) is 8.65. The van der Waals surface area contributed by atoms with Gasteiger partial charge in [0.1, 0.15) is 5.69 Å². The summed E-state index contributed by atoms with van der Waals surface area (Å²) in [6.07, 6.45) is -7.58. The monoisotopic (exact) mass is 508 g/mol. The summed E-state index contributed by atoms with van der Waals surface area (Å²) in [5.41, 5.74) is -3.71. The number of halogens is 6. The zero-order valence-corrected chi connectivity index (χ0v) is 19.5. The zero-order valence-electron chi connectivity index (χ0n) is 19.5. The van der Waals surface area contributed by atoms with E-state index in [1.807, 2.05) is 4.90 Å². The van der Waals surface area contributed by atoms with Gasteiger partial charge < -0.3 is 14.6 Å². The number of aliphatic hydroxyl groups is 1. The fourth-order valence-electron chi connectivity index (χ4n) is 4.52. The molecule has 1 fully saturated rings. The van der Waals surface area contributed by atoms with Crippen molar-refractivity contribution in [3.8, 4) is 0 Å². The molecular weight excluding hydrogens is 478 g/mol. The minimum absolute atomic E-state index is 0.127. The van der Waals surface area contributed by atoms with Crippen molar-refractivity contribution in [2.24, 2.45) is 0 Å². The zero-order chi connectivity index (χ0) is 25.6. The van der Waals surface area contributed by atoms with Gasteiger partial charge in [-0.15, -0.1) is 0 Å². The Kier molecular flexibility index (Phi) is 9.36. The molecule has 0 spiro atoms. The van der Waals surface area contributed by atoms with Crippen LogP contribution >= 0.6 is 0 Å². The topological polar surface area (TPSA) is 54.8 Å². The molecule has 2 heterocycles. The molecule has 0 radical (unpaired) electrons. The Balaban J connectivity index is 1.88. The van der Waals surface area contributed by atoms with Crippen LogP contribution in [0.3, 0.4) is 0 Å². The standard InChI is InChI=1S/C24H30F6N2O3/c1-34-13-14-35-12-5-4-11-32-10-3-2-9-19(32)22(33)17-15-20(24(28,29)30)31-21-16(17)7-6-8-18(21)23(25,26)27/h6-8,15,19,22,33H,2-5,9-14H2,1H3. The van der Waals surface area contributed by atoms with Crippen LogP contribution in [-0.2, 0) is 21.8 Å². The normalized spacial score (nSPS) is 18.8. The van der Waals surface area contributed by atoms with Gasteiger partial charge in [0.05, 0.1) is 30.4 Å². The van der Waals surface area contributed by atoms with Crippen molar-refractivity contribution in [1.82, 2.24) is 9.88 Å². The number of ether oxygens (including phenoxy) is 2. The number of aliphatic hydroxyl groups excluding tert-OH is 1. The molecule has 0 bridgehead atoms. The molecule has 35 heavy (non-hydrogen) atoms. The third-order valence-electron chi connectivity index (χ3n) is 6.23. The van der Waals surface area contributed by atoms with Crippen LogP contribution in [0.1, 0.15) is 55.0 Å². The molecule has 1 aliphatic rings. The first-order valence-corrected chi connectivity index (χ1v) is 11.6. The Morgan fingerprint density at radius 2 is 1.83 bits per heavy atom. The number of fused-ring (bicyclic) bond motifs is 1. The van der Waals surface area contributed by atoms with Crippen molar-refractivity contribution in [3.63, 3.8) is 0 Å². The second kappa shape index (κ2) is 11.9. The molecule has 5 nitrogen and oxygen atoms in total. The molecular formula is C24H30F6N2O3. The van der Waals surface area contributed by atoms with Crippen molar-refractivity contribution in [2.45, 2.75) is 56.6 Å². The number of rotatable bonds is 10. The lowest BCUT2D eigenvalue weighted by molar-refractivity contribution is -0.142. The minimum atomic E-state index is -4.96. The van der Waals surface area contributed by atoms with Crippen LogP contribution in [0.4, 0.5) is 26.3 Å². The summed E-state index contributed by atoms with van der Waals surface area (Å²) in [6, 6.07) is 3.27. The Morgan fingerprint density at radius 1 is 1.06 bits per heavy atom. The van der Waals surface area contributed by atoms with Crippen LogP contribution in [-0.4, -0.2) is 61.1 Å². The van der Waals surface area contributed by atoms with E-state index in [4.69, 9.17) is 9.47 Å². The molecule has 2 aromatic rings. The average molecular weight is 509 g/mol. The maximum absolute atomic E-state index is 13.6. The van der Waals surface area contributed by atoms with Gasteiger partial charge in [0.15, 0.2) is 0 Å². The van der Waals surface area contributed by atoms with Gasteiger partial charge in [-0.1, -0.05) is 18.6 Å². The lowest BCUT2D eigenvalue weighted by atomic mass is 9.90. The molecule has 3 rings (SSSR count). The second-order valence-corrected chi connectivity index (χ2v) is 8.65. The quantitative estimate of drug-likeness (QED) is 0.334. The first-order valence-electron chi connectivity index (χ1n) is 11.6. The number of hydrogen-bond acceptors (Lipinski definition) is 5. The molecule has 1 aromatic carbocycles.